The average Bonchev–Trinajstić information content (AvgIpc) is 2.54. The van der Waals surface area contributed by atoms with E-state index in [0.717, 1.165) is 5.56 Å². The van der Waals surface area contributed by atoms with E-state index in [1.807, 2.05) is 0 Å². The Morgan fingerprint density at radius 1 is 1.18 bits per heavy atom. The Morgan fingerprint density at radius 2 is 2.00 bits per heavy atom. The van der Waals surface area contributed by atoms with Gasteiger partial charge in [-0.25, -0.2) is 4.79 Å². The van der Waals surface area contributed by atoms with Crippen molar-refractivity contribution in [2.45, 2.75) is 0 Å². The number of nitrogens with two attached hydrogens (primary N) is 1. The normalized spacial score (nSPS) is 10.3. The van der Waals surface area contributed by atoms with Crippen LogP contribution in [-0.2, 0) is 0 Å². The Bertz CT molecular complexity index is 942. The maximum Gasteiger partial charge on any atom is 0.337 e. The summed E-state index contributed by atoms with van der Waals surface area (Å²) < 4.78 is 0. The Labute approximate surface area is 126 Å². The zero-order valence-electron chi connectivity index (χ0n) is 11.4. The van der Waals surface area contributed by atoms with Crippen molar-refractivity contribution >= 4 is 22.6 Å². The Balaban J connectivity index is 2.36. The third-order valence-corrected chi connectivity index (χ3v) is 3.47. The monoisotopic (exact) mass is 289 g/mol. The number of fused-ring (bicyclic) bond motifs is 1. The number of anilines is 1. The van der Waals surface area contributed by atoms with Crippen LogP contribution in [0, 0.1) is 11.3 Å². The van der Waals surface area contributed by atoms with Gasteiger partial charge in [-0.15, -0.1) is 0 Å². The highest BCUT2D eigenvalue weighted by Gasteiger charge is 2.14. The molecule has 3 aromatic rings. The molecule has 106 valence electrons. The molecule has 3 N–H and O–H groups in total. The first-order valence-electron chi connectivity index (χ1n) is 6.53. The molecule has 0 amide bonds. The quantitative estimate of drug-likeness (QED) is 0.706. The van der Waals surface area contributed by atoms with Gasteiger partial charge in [0.05, 0.1) is 22.7 Å². The Kier molecular flexibility index (Phi) is 3.20. The molecule has 5 nitrogen and oxygen atoms in total. The van der Waals surface area contributed by atoms with Crippen molar-refractivity contribution in [1.82, 2.24) is 4.98 Å². The van der Waals surface area contributed by atoms with E-state index in [9.17, 15) is 9.90 Å². The van der Waals surface area contributed by atoms with Crippen LogP contribution in [0.5, 0.6) is 0 Å². The topological polar surface area (TPSA) is 100 Å². The van der Waals surface area contributed by atoms with Crippen LogP contribution in [0.3, 0.4) is 0 Å². The fourth-order valence-corrected chi connectivity index (χ4v) is 2.44. The summed E-state index contributed by atoms with van der Waals surface area (Å²) >= 11 is 0. The minimum absolute atomic E-state index is 0.134. The summed E-state index contributed by atoms with van der Waals surface area (Å²) in [5.74, 6) is -1.03. The summed E-state index contributed by atoms with van der Waals surface area (Å²) in [6.45, 7) is 0. The van der Waals surface area contributed by atoms with Crippen LogP contribution in [0.2, 0.25) is 0 Å². The first-order chi connectivity index (χ1) is 10.6. The molecule has 1 heterocycles. The molecule has 3 rings (SSSR count). The number of nitriles is 1. The van der Waals surface area contributed by atoms with E-state index in [1.54, 1.807) is 42.6 Å². The number of nitrogen functional groups attached to an aromatic ring is 1. The van der Waals surface area contributed by atoms with Crippen LogP contribution in [0.4, 0.5) is 5.69 Å². The molecular weight excluding hydrogens is 278 g/mol. The van der Waals surface area contributed by atoms with E-state index < -0.39 is 5.97 Å². The van der Waals surface area contributed by atoms with Crippen LogP contribution >= 0.6 is 0 Å². The number of carboxylic acid groups (broad SMARTS) is 1. The second kappa shape index (κ2) is 5.19. The molecule has 0 unspecified atom stereocenters. The van der Waals surface area contributed by atoms with Crippen LogP contribution in [0.15, 0.2) is 48.7 Å². The third-order valence-electron chi connectivity index (χ3n) is 3.47. The molecule has 0 saturated carbocycles. The minimum atomic E-state index is -1.03. The molecule has 0 aliphatic rings. The highest BCUT2D eigenvalue weighted by molar-refractivity contribution is 6.07. The first kappa shape index (κ1) is 13.6. The summed E-state index contributed by atoms with van der Waals surface area (Å²) in [6.07, 6.45) is 1.55. The SMILES string of the molecule is N#Cc1ccc(N)c(-c2ccc(C(=O)O)c3ncccc23)c1. The number of aromatic carboxylic acids is 1. The predicted molar refractivity (Wildman–Crippen MR) is 83.3 cm³/mol. The Morgan fingerprint density at radius 3 is 2.73 bits per heavy atom. The van der Waals surface area contributed by atoms with Crippen molar-refractivity contribution in [3.05, 3.63) is 59.8 Å². The van der Waals surface area contributed by atoms with Crippen LogP contribution in [-0.4, -0.2) is 16.1 Å². The smallest absolute Gasteiger partial charge is 0.337 e. The lowest BCUT2D eigenvalue weighted by atomic mass is 9.95. The average molecular weight is 289 g/mol. The first-order valence-corrected chi connectivity index (χ1v) is 6.53. The van der Waals surface area contributed by atoms with Gasteiger partial charge in [0.1, 0.15) is 0 Å². The van der Waals surface area contributed by atoms with Crippen molar-refractivity contribution in [3.8, 4) is 17.2 Å². The second-order valence-electron chi connectivity index (χ2n) is 4.78. The van der Waals surface area contributed by atoms with Crippen molar-refractivity contribution in [2.75, 3.05) is 5.73 Å². The number of carbonyl (C=O) groups is 1. The molecular formula is C17H11N3O2. The van der Waals surface area contributed by atoms with Crippen LogP contribution in [0.1, 0.15) is 15.9 Å². The van der Waals surface area contributed by atoms with Crippen molar-refractivity contribution in [3.63, 3.8) is 0 Å². The summed E-state index contributed by atoms with van der Waals surface area (Å²) in [5.41, 5.74) is 9.00. The fraction of sp³-hybridized carbons (Fsp3) is 0. The maximum absolute atomic E-state index is 11.3. The van der Waals surface area contributed by atoms with Crippen molar-refractivity contribution in [1.29, 1.82) is 5.26 Å². The summed E-state index contributed by atoms with van der Waals surface area (Å²) in [6, 6.07) is 13.8. The van der Waals surface area contributed by atoms with Gasteiger partial charge < -0.3 is 10.8 Å². The number of aromatic nitrogens is 1. The molecule has 0 saturated heterocycles. The highest BCUT2D eigenvalue weighted by Crippen LogP contribution is 2.33. The molecule has 0 spiro atoms. The Hall–Kier alpha value is -3.39. The number of carboxylic acids is 1. The maximum atomic E-state index is 11.3. The van der Waals surface area contributed by atoms with Crippen LogP contribution < -0.4 is 5.73 Å². The number of nitrogens with zero attached hydrogens (tertiary/aromatic N) is 2. The molecule has 1 aromatic heterocycles. The van der Waals surface area contributed by atoms with Gasteiger partial charge in [0.15, 0.2) is 0 Å². The third kappa shape index (κ3) is 2.13. The molecule has 0 aliphatic carbocycles. The molecule has 0 atom stereocenters. The summed E-state index contributed by atoms with van der Waals surface area (Å²) in [4.78, 5) is 15.5. The van der Waals surface area contributed by atoms with Gasteiger partial charge in [0.2, 0.25) is 0 Å². The number of hydrogen-bond donors (Lipinski definition) is 2. The lowest BCUT2D eigenvalue weighted by Gasteiger charge is -2.11. The zero-order chi connectivity index (χ0) is 15.7. The van der Waals surface area contributed by atoms with E-state index >= 15 is 0 Å². The number of pyridine rings is 1. The van der Waals surface area contributed by atoms with Gasteiger partial charge in [-0.2, -0.15) is 5.26 Å². The zero-order valence-corrected chi connectivity index (χ0v) is 11.4. The minimum Gasteiger partial charge on any atom is -0.478 e. The van der Waals surface area contributed by atoms with Gasteiger partial charge in [-0.05, 0) is 35.9 Å². The molecule has 0 bridgehead atoms. The molecule has 22 heavy (non-hydrogen) atoms. The van der Waals surface area contributed by atoms with Gasteiger partial charge >= 0.3 is 5.97 Å². The van der Waals surface area contributed by atoms with Gasteiger partial charge in [0, 0.05) is 22.8 Å². The molecule has 0 fully saturated rings. The second-order valence-corrected chi connectivity index (χ2v) is 4.78. The van der Waals surface area contributed by atoms with Crippen LogP contribution in [0.25, 0.3) is 22.0 Å². The van der Waals surface area contributed by atoms with E-state index in [-0.39, 0.29) is 5.56 Å². The number of benzene rings is 2. The largest absolute Gasteiger partial charge is 0.478 e. The highest BCUT2D eigenvalue weighted by atomic mass is 16.4. The van der Waals surface area contributed by atoms with E-state index in [4.69, 9.17) is 11.0 Å². The fourth-order valence-electron chi connectivity index (χ4n) is 2.44. The van der Waals surface area contributed by atoms with Gasteiger partial charge in [0.25, 0.3) is 0 Å². The lowest BCUT2D eigenvalue weighted by Crippen LogP contribution is -2.00. The number of rotatable bonds is 2. The van der Waals surface area contributed by atoms with Gasteiger partial charge in [-0.3, -0.25) is 4.98 Å². The number of hydrogen-bond acceptors (Lipinski definition) is 4. The predicted octanol–water partition coefficient (Wildman–Crippen LogP) is 3.05. The molecule has 2 aromatic carbocycles. The van der Waals surface area contributed by atoms with E-state index in [0.29, 0.717) is 27.7 Å². The van der Waals surface area contributed by atoms with E-state index in [1.165, 1.54) is 6.07 Å². The van der Waals surface area contributed by atoms with Gasteiger partial charge in [-0.1, -0.05) is 12.1 Å². The van der Waals surface area contributed by atoms with E-state index in [2.05, 4.69) is 11.1 Å². The lowest BCUT2D eigenvalue weighted by molar-refractivity contribution is 0.0699. The van der Waals surface area contributed by atoms with Crippen molar-refractivity contribution in [2.24, 2.45) is 0 Å². The molecule has 0 radical (unpaired) electrons. The standard InChI is InChI=1S/C17H11N3O2/c18-9-10-3-6-15(19)14(8-10)11-4-5-13(17(21)22)16-12(11)2-1-7-20-16/h1-8H,19H2,(H,21,22). The summed E-state index contributed by atoms with van der Waals surface area (Å²) in [5, 5.41) is 19.0. The van der Waals surface area contributed by atoms with Crippen molar-refractivity contribution < 1.29 is 9.90 Å². The summed E-state index contributed by atoms with van der Waals surface area (Å²) in [7, 11) is 0. The molecule has 5 heteroatoms. The molecule has 0 aliphatic heterocycles.